The fourth-order valence-electron chi connectivity index (χ4n) is 2.33. The van der Waals surface area contributed by atoms with Gasteiger partial charge in [0.2, 0.25) is 5.75 Å². The number of aryl methyl sites for hydroxylation is 2. The first kappa shape index (κ1) is 17.1. The van der Waals surface area contributed by atoms with Crippen molar-refractivity contribution in [2.24, 2.45) is 0 Å². The van der Waals surface area contributed by atoms with Gasteiger partial charge < -0.3 is 14.2 Å². The molecular formula is C18H20O4S. The van der Waals surface area contributed by atoms with E-state index in [0.717, 1.165) is 20.9 Å². The van der Waals surface area contributed by atoms with E-state index < -0.39 is 0 Å². The van der Waals surface area contributed by atoms with E-state index in [0.29, 0.717) is 17.2 Å². The van der Waals surface area contributed by atoms with Crippen LogP contribution >= 0.6 is 11.3 Å². The highest BCUT2D eigenvalue weighted by Crippen LogP contribution is 2.38. The summed E-state index contributed by atoms with van der Waals surface area (Å²) >= 11 is 1.63. The van der Waals surface area contributed by atoms with Crippen molar-refractivity contribution in [2.45, 2.75) is 13.8 Å². The zero-order chi connectivity index (χ0) is 17.0. The molecule has 23 heavy (non-hydrogen) atoms. The van der Waals surface area contributed by atoms with Crippen molar-refractivity contribution in [3.8, 4) is 17.2 Å². The Bertz CT molecular complexity index is 718. The molecule has 0 unspecified atom stereocenters. The van der Waals surface area contributed by atoms with Gasteiger partial charge in [-0.2, -0.15) is 0 Å². The van der Waals surface area contributed by atoms with Gasteiger partial charge in [-0.3, -0.25) is 4.79 Å². The quantitative estimate of drug-likeness (QED) is 0.585. The normalized spacial score (nSPS) is 10.8. The number of ketones is 1. The number of thiophene rings is 1. The third kappa shape index (κ3) is 3.74. The first-order chi connectivity index (χ1) is 11.0. The average molecular weight is 332 g/mol. The van der Waals surface area contributed by atoms with Crippen molar-refractivity contribution in [3.05, 3.63) is 45.2 Å². The molecule has 0 atom stereocenters. The van der Waals surface area contributed by atoms with Crippen molar-refractivity contribution in [1.82, 2.24) is 0 Å². The molecule has 0 saturated carbocycles. The summed E-state index contributed by atoms with van der Waals surface area (Å²) in [6, 6.07) is 5.52. The number of carbonyl (C=O) groups is 1. The molecule has 0 N–H and O–H groups in total. The SMILES string of the molecule is COc1cc(/C=C/C(=O)c2cc(C)sc2C)cc(OC)c1OC. The second-order valence-corrected chi connectivity index (χ2v) is 6.44. The van der Waals surface area contributed by atoms with E-state index in [1.807, 2.05) is 19.9 Å². The summed E-state index contributed by atoms with van der Waals surface area (Å²) in [5.74, 6) is 1.63. The van der Waals surface area contributed by atoms with Gasteiger partial charge in [-0.15, -0.1) is 11.3 Å². The fourth-order valence-corrected chi connectivity index (χ4v) is 3.26. The largest absolute Gasteiger partial charge is 0.493 e. The lowest BCUT2D eigenvalue weighted by Gasteiger charge is -2.12. The average Bonchev–Trinajstić information content (AvgIpc) is 2.89. The topological polar surface area (TPSA) is 44.8 Å². The highest BCUT2D eigenvalue weighted by Gasteiger charge is 2.13. The molecular weight excluding hydrogens is 312 g/mol. The fraction of sp³-hybridized carbons (Fsp3) is 0.278. The second-order valence-electron chi connectivity index (χ2n) is 4.98. The van der Waals surface area contributed by atoms with Crippen LogP contribution in [0.15, 0.2) is 24.3 Å². The highest BCUT2D eigenvalue weighted by atomic mass is 32.1. The van der Waals surface area contributed by atoms with E-state index in [9.17, 15) is 4.79 Å². The predicted molar refractivity (Wildman–Crippen MR) is 93.3 cm³/mol. The molecule has 0 aliphatic carbocycles. The lowest BCUT2D eigenvalue weighted by atomic mass is 10.1. The summed E-state index contributed by atoms with van der Waals surface area (Å²) in [6.07, 6.45) is 3.31. The Labute approximate surface area is 140 Å². The third-order valence-electron chi connectivity index (χ3n) is 3.42. The molecule has 0 fully saturated rings. The van der Waals surface area contributed by atoms with Crippen LogP contribution < -0.4 is 14.2 Å². The van der Waals surface area contributed by atoms with Gasteiger partial charge in [-0.05, 0) is 43.7 Å². The Morgan fingerprint density at radius 3 is 2.04 bits per heavy atom. The molecule has 1 heterocycles. The number of hydrogen-bond acceptors (Lipinski definition) is 5. The van der Waals surface area contributed by atoms with Crippen LogP contribution in [-0.2, 0) is 0 Å². The minimum absolute atomic E-state index is 0.0133. The number of methoxy groups -OCH3 is 3. The number of hydrogen-bond donors (Lipinski definition) is 0. The molecule has 0 radical (unpaired) electrons. The molecule has 0 saturated heterocycles. The van der Waals surface area contributed by atoms with Crippen molar-refractivity contribution in [1.29, 1.82) is 0 Å². The van der Waals surface area contributed by atoms with Gasteiger partial charge in [0.25, 0.3) is 0 Å². The van der Waals surface area contributed by atoms with Crippen molar-refractivity contribution < 1.29 is 19.0 Å². The van der Waals surface area contributed by atoms with Crippen LogP contribution in [0.4, 0.5) is 0 Å². The first-order valence-corrected chi connectivity index (χ1v) is 7.91. The Balaban J connectivity index is 2.32. The van der Waals surface area contributed by atoms with Crippen LogP contribution in [0.25, 0.3) is 6.08 Å². The molecule has 2 aromatic rings. The summed E-state index contributed by atoms with van der Waals surface area (Å²) in [4.78, 5) is 14.5. The smallest absolute Gasteiger partial charge is 0.203 e. The molecule has 4 nitrogen and oxygen atoms in total. The van der Waals surface area contributed by atoms with Crippen molar-refractivity contribution in [2.75, 3.05) is 21.3 Å². The maximum absolute atomic E-state index is 12.3. The third-order valence-corrected chi connectivity index (χ3v) is 4.39. The zero-order valence-corrected chi connectivity index (χ0v) is 14.7. The molecule has 1 aromatic heterocycles. The van der Waals surface area contributed by atoms with Crippen LogP contribution in [0.1, 0.15) is 25.7 Å². The molecule has 0 bridgehead atoms. The standard InChI is InChI=1S/C18H20O4S/c1-11-8-14(12(2)23-11)15(19)7-6-13-9-16(20-3)18(22-5)17(10-13)21-4/h6-10H,1-5H3/b7-6+. The van der Waals surface area contributed by atoms with Crippen LogP contribution in [-0.4, -0.2) is 27.1 Å². The van der Waals surface area contributed by atoms with E-state index in [1.165, 1.54) is 0 Å². The van der Waals surface area contributed by atoms with Crippen LogP contribution in [0, 0.1) is 13.8 Å². The second kappa shape index (κ2) is 7.33. The van der Waals surface area contributed by atoms with E-state index >= 15 is 0 Å². The van der Waals surface area contributed by atoms with Gasteiger partial charge in [-0.1, -0.05) is 6.08 Å². The van der Waals surface area contributed by atoms with Crippen LogP contribution in [0.2, 0.25) is 0 Å². The maximum atomic E-state index is 12.3. The Morgan fingerprint density at radius 1 is 1.00 bits per heavy atom. The zero-order valence-electron chi connectivity index (χ0n) is 13.9. The molecule has 2 rings (SSSR count). The molecule has 0 aliphatic rings. The number of rotatable bonds is 6. The lowest BCUT2D eigenvalue weighted by molar-refractivity contribution is 0.104. The molecule has 0 aliphatic heterocycles. The molecule has 1 aromatic carbocycles. The lowest BCUT2D eigenvalue weighted by Crippen LogP contribution is -1.96. The minimum atomic E-state index is -0.0133. The number of carbonyl (C=O) groups excluding carboxylic acids is 1. The Morgan fingerprint density at radius 2 is 1.61 bits per heavy atom. The van der Waals surface area contributed by atoms with Crippen molar-refractivity contribution in [3.63, 3.8) is 0 Å². The van der Waals surface area contributed by atoms with Gasteiger partial charge in [0.15, 0.2) is 17.3 Å². The molecule has 0 amide bonds. The summed E-state index contributed by atoms with van der Waals surface area (Å²) in [5, 5.41) is 0. The highest BCUT2D eigenvalue weighted by molar-refractivity contribution is 7.12. The van der Waals surface area contributed by atoms with Crippen molar-refractivity contribution >= 4 is 23.2 Å². The van der Waals surface area contributed by atoms with Gasteiger partial charge >= 0.3 is 0 Å². The number of benzene rings is 1. The Hall–Kier alpha value is -2.27. The summed E-state index contributed by atoms with van der Waals surface area (Å²) in [5.41, 5.74) is 1.55. The summed E-state index contributed by atoms with van der Waals surface area (Å²) in [7, 11) is 4.68. The number of ether oxygens (including phenoxy) is 3. The number of allylic oxidation sites excluding steroid dienone is 1. The minimum Gasteiger partial charge on any atom is -0.493 e. The molecule has 122 valence electrons. The molecule has 5 heteroatoms. The first-order valence-electron chi connectivity index (χ1n) is 7.09. The van der Waals surface area contributed by atoms with E-state index in [-0.39, 0.29) is 5.78 Å². The van der Waals surface area contributed by atoms with Gasteiger partial charge in [0, 0.05) is 15.3 Å². The van der Waals surface area contributed by atoms with Gasteiger partial charge in [0.1, 0.15) is 0 Å². The van der Waals surface area contributed by atoms with E-state index in [1.54, 1.807) is 57.0 Å². The summed E-state index contributed by atoms with van der Waals surface area (Å²) < 4.78 is 15.9. The summed E-state index contributed by atoms with van der Waals surface area (Å²) in [6.45, 7) is 3.95. The monoisotopic (exact) mass is 332 g/mol. The van der Waals surface area contributed by atoms with E-state index in [2.05, 4.69) is 0 Å². The van der Waals surface area contributed by atoms with Gasteiger partial charge in [0.05, 0.1) is 21.3 Å². The molecule has 0 spiro atoms. The predicted octanol–water partition coefficient (Wildman–Crippen LogP) is 4.29. The van der Waals surface area contributed by atoms with Crippen LogP contribution in [0.3, 0.4) is 0 Å². The maximum Gasteiger partial charge on any atom is 0.203 e. The van der Waals surface area contributed by atoms with E-state index in [4.69, 9.17) is 14.2 Å². The van der Waals surface area contributed by atoms with Gasteiger partial charge in [-0.25, -0.2) is 0 Å². The Kier molecular flexibility index (Phi) is 5.45. The van der Waals surface area contributed by atoms with Crippen LogP contribution in [0.5, 0.6) is 17.2 Å².